The highest BCUT2D eigenvalue weighted by atomic mass is 32.1. The highest BCUT2D eigenvalue weighted by Gasteiger charge is 2.03. The molecular formula is C13H10N2OS. The van der Waals surface area contributed by atoms with E-state index in [0.717, 1.165) is 29.4 Å². The maximum atomic E-state index is 10.7. The SMILES string of the molecule is O=Cc1ccc2c(ccn2Cc2cscn2)c1. The number of thiazole rings is 1. The minimum Gasteiger partial charge on any atom is -0.341 e. The Morgan fingerprint density at radius 1 is 1.35 bits per heavy atom. The van der Waals surface area contributed by atoms with Crippen molar-refractivity contribution in [3.05, 3.63) is 52.6 Å². The van der Waals surface area contributed by atoms with Gasteiger partial charge in [0.2, 0.25) is 0 Å². The van der Waals surface area contributed by atoms with Crippen LogP contribution in [0, 0.1) is 0 Å². The predicted octanol–water partition coefficient (Wildman–Crippen LogP) is 2.96. The highest BCUT2D eigenvalue weighted by molar-refractivity contribution is 7.07. The van der Waals surface area contributed by atoms with E-state index in [9.17, 15) is 4.79 Å². The summed E-state index contributed by atoms with van der Waals surface area (Å²) in [6, 6.07) is 7.74. The van der Waals surface area contributed by atoms with Gasteiger partial charge in [0.25, 0.3) is 0 Å². The number of nitrogens with zero attached hydrogens (tertiary/aromatic N) is 2. The first-order chi connectivity index (χ1) is 8.36. The second kappa shape index (κ2) is 4.14. The highest BCUT2D eigenvalue weighted by Crippen LogP contribution is 2.18. The number of hydrogen-bond donors (Lipinski definition) is 0. The molecule has 0 spiro atoms. The number of rotatable bonds is 3. The van der Waals surface area contributed by atoms with Crippen molar-refractivity contribution in [3.8, 4) is 0 Å². The maximum Gasteiger partial charge on any atom is 0.150 e. The average Bonchev–Trinajstić information content (AvgIpc) is 2.99. The van der Waals surface area contributed by atoms with E-state index in [2.05, 4.69) is 9.55 Å². The summed E-state index contributed by atoms with van der Waals surface area (Å²) in [7, 11) is 0. The summed E-state index contributed by atoms with van der Waals surface area (Å²) in [6.07, 6.45) is 2.90. The Bertz CT molecular complexity index is 655. The Morgan fingerprint density at radius 2 is 2.29 bits per heavy atom. The molecule has 17 heavy (non-hydrogen) atoms. The quantitative estimate of drug-likeness (QED) is 0.662. The van der Waals surface area contributed by atoms with Gasteiger partial charge in [-0.2, -0.15) is 0 Å². The van der Waals surface area contributed by atoms with Crippen LogP contribution in [0.4, 0.5) is 0 Å². The number of fused-ring (bicyclic) bond motifs is 1. The maximum absolute atomic E-state index is 10.7. The van der Waals surface area contributed by atoms with Crippen LogP contribution in [-0.2, 0) is 6.54 Å². The van der Waals surface area contributed by atoms with Crippen molar-refractivity contribution in [2.24, 2.45) is 0 Å². The Hall–Kier alpha value is -1.94. The van der Waals surface area contributed by atoms with Gasteiger partial charge in [-0.3, -0.25) is 4.79 Å². The van der Waals surface area contributed by atoms with Crippen molar-refractivity contribution in [3.63, 3.8) is 0 Å². The first-order valence-electron chi connectivity index (χ1n) is 5.28. The van der Waals surface area contributed by atoms with Crippen LogP contribution in [0.2, 0.25) is 0 Å². The molecule has 0 bridgehead atoms. The molecule has 0 unspecified atom stereocenters. The van der Waals surface area contributed by atoms with E-state index in [1.54, 1.807) is 11.3 Å². The van der Waals surface area contributed by atoms with Crippen molar-refractivity contribution in [1.29, 1.82) is 0 Å². The van der Waals surface area contributed by atoms with E-state index in [0.29, 0.717) is 5.56 Å². The summed E-state index contributed by atoms with van der Waals surface area (Å²) < 4.78 is 2.14. The zero-order valence-corrected chi connectivity index (χ0v) is 9.85. The normalized spacial score (nSPS) is 10.8. The number of benzene rings is 1. The molecule has 3 rings (SSSR count). The standard InChI is InChI=1S/C13H10N2OS/c16-7-10-1-2-13-11(5-10)3-4-15(13)6-12-8-17-9-14-12/h1-5,7-9H,6H2. The second-order valence-electron chi connectivity index (χ2n) is 3.86. The molecule has 0 atom stereocenters. The molecule has 3 aromatic rings. The molecular weight excluding hydrogens is 232 g/mol. The van der Waals surface area contributed by atoms with Crippen LogP contribution in [0.3, 0.4) is 0 Å². The van der Waals surface area contributed by atoms with Crippen LogP contribution < -0.4 is 0 Å². The summed E-state index contributed by atoms with van der Waals surface area (Å²) in [6.45, 7) is 0.771. The molecule has 2 heterocycles. The molecule has 0 aliphatic rings. The zero-order chi connectivity index (χ0) is 11.7. The van der Waals surface area contributed by atoms with Crippen LogP contribution in [0.25, 0.3) is 10.9 Å². The average molecular weight is 242 g/mol. The fourth-order valence-corrected chi connectivity index (χ4v) is 2.47. The number of carbonyl (C=O) groups excluding carboxylic acids is 1. The molecule has 0 aliphatic carbocycles. The van der Waals surface area contributed by atoms with Crippen molar-refractivity contribution in [1.82, 2.24) is 9.55 Å². The third-order valence-corrected chi connectivity index (χ3v) is 3.38. The molecule has 0 aliphatic heterocycles. The summed E-state index contributed by atoms with van der Waals surface area (Å²) in [5.41, 5.74) is 4.74. The van der Waals surface area contributed by atoms with Crippen LogP contribution >= 0.6 is 11.3 Å². The van der Waals surface area contributed by atoms with Crippen molar-refractivity contribution >= 4 is 28.5 Å². The fraction of sp³-hybridized carbons (Fsp3) is 0.0769. The lowest BCUT2D eigenvalue weighted by atomic mass is 10.2. The molecule has 84 valence electrons. The number of aromatic nitrogens is 2. The Balaban J connectivity index is 2.03. The van der Waals surface area contributed by atoms with Crippen molar-refractivity contribution in [2.45, 2.75) is 6.54 Å². The molecule has 0 saturated carbocycles. The molecule has 0 saturated heterocycles. The van der Waals surface area contributed by atoms with Crippen LogP contribution in [0.15, 0.2) is 41.4 Å². The monoisotopic (exact) mass is 242 g/mol. The van der Waals surface area contributed by atoms with Gasteiger partial charge in [0.1, 0.15) is 6.29 Å². The van der Waals surface area contributed by atoms with E-state index < -0.39 is 0 Å². The Kier molecular flexibility index (Phi) is 2.49. The van der Waals surface area contributed by atoms with Gasteiger partial charge < -0.3 is 4.57 Å². The van der Waals surface area contributed by atoms with Crippen molar-refractivity contribution in [2.75, 3.05) is 0 Å². The molecule has 0 radical (unpaired) electrons. The smallest absolute Gasteiger partial charge is 0.150 e. The van der Waals surface area contributed by atoms with Gasteiger partial charge in [0.05, 0.1) is 17.7 Å². The van der Waals surface area contributed by atoms with Crippen molar-refractivity contribution < 1.29 is 4.79 Å². The molecule has 0 N–H and O–H groups in total. The second-order valence-corrected chi connectivity index (χ2v) is 4.58. The minimum absolute atomic E-state index is 0.712. The molecule has 2 aromatic heterocycles. The van der Waals surface area contributed by atoms with E-state index in [1.807, 2.05) is 41.4 Å². The van der Waals surface area contributed by atoms with Gasteiger partial charge in [0, 0.05) is 28.0 Å². The van der Waals surface area contributed by atoms with E-state index in [4.69, 9.17) is 0 Å². The van der Waals surface area contributed by atoms with Gasteiger partial charge in [-0.15, -0.1) is 11.3 Å². The molecule has 4 heteroatoms. The lowest BCUT2D eigenvalue weighted by molar-refractivity contribution is 0.112. The lowest BCUT2D eigenvalue weighted by Gasteiger charge is -2.02. The first-order valence-corrected chi connectivity index (χ1v) is 6.22. The third kappa shape index (κ3) is 1.87. The number of carbonyl (C=O) groups is 1. The Morgan fingerprint density at radius 3 is 3.06 bits per heavy atom. The largest absolute Gasteiger partial charge is 0.341 e. The van der Waals surface area contributed by atoms with Gasteiger partial charge in [-0.25, -0.2) is 4.98 Å². The van der Waals surface area contributed by atoms with Gasteiger partial charge in [0.15, 0.2) is 0 Å². The molecule has 1 aromatic carbocycles. The summed E-state index contributed by atoms with van der Waals surface area (Å²) in [5, 5.41) is 3.14. The minimum atomic E-state index is 0.712. The van der Waals surface area contributed by atoms with Gasteiger partial charge >= 0.3 is 0 Å². The number of hydrogen-bond acceptors (Lipinski definition) is 3. The van der Waals surface area contributed by atoms with Crippen LogP contribution in [0.1, 0.15) is 16.1 Å². The third-order valence-electron chi connectivity index (χ3n) is 2.75. The topological polar surface area (TPSA) is 34.9 Å². The predicted molar refractivity (Wildman–Crippen MR) is 68.5 cm³/mol. The number of aldehydes is 1. The molecule has 0 amide bonds. The fourth-order valence-electron chi connectivity index (χ4n) is 1.92. The van der Waals surface area contributed by atoms with E-state index in [1.165, 1.54) is 0 Å². The van der Waals surface area contributed by atoms with Crippen LogP contribution in [0.5, 0.6) is 0 Å². The van der Waals surface area contributed by atoms with E-state index >= 15 is 0 Å². The molecule has 0 fully saturated rings. The van der Waals surface area contributed by atoms with E-state index in [-0.39, 0.29) is 0 Å². The summed E-state index contributed by atoms with van der Waals surface area (Å²) >= 11 is 1.60. The first kappa shape index (κ1) is 10.2. The zero-order valence-electron chi connectivity index (χ0n) is 9.04. The summed E-state index contributed by atoms with van der Waals surface area (Å²) in [5.74, 6) is 0. The summed E-state index contributed by atoms with van der Waals surface area (Å²) in [4.78, 5) is 15.0. The van der Waals surface area contributed by atoms with Crippen LogP contribution in [-0.4, -0.2) is 15.8 Å². The molecule has 3 nitrogen and oxygen atoms in total. The Labute approximate surface area is 102 Å². The van der Waals surface area contributed by atoms with Gasteiger partial charge in [-0.05, 0) is 24.3 Å². The lowest BCUT2D eigenvalue weighted by Crippen LogP contribution is -1.97. The van der Waals surface area contributed by atoms with Gasteiger partial charge in [-0.1, -0.05) is 0 Å².